The van der Waals surface area contributed by atoms with Crippen molar-refractivity contribution >= 4 is 73.7 Å². The molecule has 0 spiro atoms. The number of para-hydroxylation sites is 1. The number of carbonyl (C=O) groups is 1. The highest BCUT2D eigenvalue weighted by molar-refractivity contribution is 7.29. The van der Waals surface area contributed by atoms with E-state index in [0.717, 1.165) is 44.9 Å². The van der Waals surface area contributed by atoms with Crippen LogP contribution >= 0.6 is 47.5 Å². The molecule has 0 radical (unpaired) electrons. The topological polar surface area (TPSA) is 57.3 Å². The number of amides is 1. The smallest absolute Gasteiger partial charge is 0.264 e. The molecule has 1 amide bonds. The minimum atomic E-state index is 0. The molecule has 3 heterocycles. The summed E-state index contributed by atoms with van der Waals surface area (Å²) in [6.07, 6.45) is 0. The number of rotatable bonds is 3. The molecule has 3 aromatic rings. The molecular weight excluding hydrogens is 411 g/mol. The van der Waals surface area contributed by atoms with Crippen molar-refractivity contribution in [3.8, 4) is 0 Å². The summed E-state index contributed by atoms with van der Waals surface area (Å²) in [5.41, 5.74) is 1.02. The molecule has 1 aliphatic rings. The number of thiazole rings is 1. The summed E-state index contributed by atoms with van der Waals surface area (Å²) in [7, 11) is 0. The van der Waals surface area contributed by atoms with E-state index < -0.39 is 0 Å². The van der Waals surface area contributed by atoms with Gasteiger partial charge in [-0.2, -0.15) is 0 Å². The minimum Gasteiger partial charge on any atom is -0.333 e. The highest BCUT2D eigenvalue weighted by atomic mass is 35.5. The Hall–Kier alpha value is -1.38. The molecule has 9 heteroatoms. The van der Waals surface area contributed by atoms with Crippen LogP contribution in [0.2, 0.25) is 0 Å². The van der Waals surface area contributed by atoms with Crippen molar-refractivity contribution in [3.05, 3.63) is 41.3 Å². The maximum Gasteiger partial charge on any atom is 0.264 e. The van der Waals surface area contributed by atoms with Crippen molar-refractivity contribution in [2.75, 3.05) is 25.0 Å². The number of halogens is 2. The number of anilines is 2. The first kappa shape index (κ1) is 20.9. The molecular formula is C17H20Cl2N4OS2. The fourth-order valence-electron chi connectivity index (χ4n) is 2.82. The summed E-state index contributed by atoms with van der Waals surface area (Å²) in [5.74, 6) is 0.122. The van der Waals surface area contributed by atoms with E-state index in [4.69, 9.17) is 0 Å². The summed E-state index contributed by atoms with van der Waals surface area (Å²) in [5, 5.41) is 7.48. The summed E-state index contributed by atoms with van der Waals surface area (Å²) in [4.78, 5) is 21.0. The van der Waals surface area contributed by atoms with Crippen molar-refractivity contribution in [3.63, 3.8) is 0 Å². The molecule has 0 saturated carbocycles. The Morgan fingerprint density at radius 3 is 2.73 bits per heavy atom. The van der Waals surface area contributed by atoms with Gasteiger partial charge in [-0.3, -0.25) is 4.79 Å². The van der Waals surface area contributed by atoms with Gasteiger partial charge in [0.1, 0.15) is 4.83 Å². The second-order valence-electron chi connectivity index (χ2n) is 5.84. The third-order valence-electron chi connectivity index (χ3n) is 4.09. The van der Waals surface area contributed by atoms with Gasteiger partial charge in [0, 0.05) is 31.4 Å². The number of thiophene rings is 1. The number of aromatic nitrogens is 1. The Balaban J connectivity index is 0.00000121. The molecule has 0 aliphatic carbocycles. The summed E-state index contributed by atoms with van der Waals surface area (Å²) in [6, 6.07) is 12.2. The molecule has 1 saturated heterocycles. The van der Waals surface area contributed by atoms with Crippen LogP contribution < -0.4 is 10.6 Å². The lowest BCUT2D eigenvalue weighted by Crippen LogP contribution is -2.52. The van der Waals surface area contributed by atoms with Crippen molar-refractivity contribution in [1.29, 1.82) is 0 Å². The van der Waals surface area contributed by atoms with Crippen LogP contribution in [0.4, 0.5) is 10.8 Å². The number of nitrogens with zero attached hydrogens (tertiary/aromatic N) is 2. The molecule has 5 nitrogen and oxygen atoms in total. The predicted molar refractivity (Wildman–Crippen MR) is 115 cm³/mol. The third-order valence-corrected chi connectivity index (χ3v) is 6.15. The SMILES string of the molecule is C[C@H]1CNCCN1C(=O)c1cc2sc(Nc3ccccc3)nc2s1.Cl.Cl. The van der Waals surface area contributed by atoms with Gasteiger partial charge in [0.25, 0.3) is 5.91 Å². The van der Waals surface area contributed by atoms with Gasteiger partial charge in [0.05, 0.1) is 9.58 Å². The van der Waals surface area contributed by atoms with Crippen molar-refractivity contribution in [2.24, 2.45) is 0 Å². The maximum absolute atomic E-state index is 12.7. The number of nitrogens with one attached hydrogen (secondary N) is 2. The van der Waals surface area contributed by atoms with Gasteiger partial charge in [-0.25, -0.2) is 4.98 Å². The number of carbonyl (C=O) groups excluding carboxylic acids is 1. The second kappa shape index (κ2) is 9.01. The number of benzene rings is 1. The molecule has 140 valence electrons. The fourth-order valence-corrected chi connectivity index (χ4v) is 4.92. The largest absolute Gasteiger partial charge is 0.333 e. The van der Waals surface area contributed by atoms with Crippen LogP contribution in [0.25, 0.3) is 9.53 Å². The Morgan fingerprint density at radius 1 is 1.27 bits per heavy atom. The second-order valence-corrected chi connectivity index (χ2v) is 7.90. The van der Waals surface area contributed by atoms with Crippen LogP contribution in [-0.4, -0.2) is 41.5 Å². The van der Waals surface area contributed by atoms with Gasteiger partial charge in [0.2, 0.25) is 0 Å². The van der Waals surface area contributed by atoms with E-state index >= 15 is 0 Å². The van der Waals surface area contributed by atoms with Gasteiger partial charge in [-0.15, -0.1) is 36.2 Å². The molecule has 1 atom stereocenters. The minimum absolute atomic E-state index is 0. The summed E-state index contributed by atoms with van der Waals surface area (Å²) in [6.45, 7) is 4.56. The molecule has 1 fully saturated rings. The molecule has 4 rings (SSSR count). The van der Waals surface area contributed by atoms with E-state index in [-0.39, 0.29) is 36.8 Å². The average molecular weight is 431 g/mol. The summed E-state index contributed by atoms with van der Waals surface area (Å²) < 4.78 is 1.06. The van der Waals surface area contributed by atoms with Crippen molar-refractivity contribution in [1.82, 2.24) is 15.2 Å². The van der Waals surface area contributed by atoms with E-state index in [1.807, 2.05) is 41.3 Å². The third kappa shape index (κ3) is 4.29. The van der Waals surface area contributed by atoms with E-state index in [0.29, 0.717) is 0 Å². The van der Waals surface area contributed by atoms with Crippen LogP contribution in [0.5, 0.6) is 0 Å². The number of hydrogen-bond donors (Lipinski definition) is 2. The molecule has 2 aromatic heterocycles. The lowest BCUT2D eigenvalue weighted by Gasteiger charge is -2.33. The first-order chi connectivity index (χ1) is 11.7. The molecule has 0 bridgehead atoms. The Labute approximate surface area is 172 Å². The van der Waals surface area contributed by atoms with Crippen molar-refractivity contribution < 1.29 is 4.79 Å². The van der Waals surface area contributed by atoms with Gasteiger partial charge < -0.3 is 15.5 Å². The van der Waals surface area contributed by atoms with Gasteiger partial charge >= 0.3 is 0 Å². The van der Waals surface area contributed by atoms with Crippen LogP contribution in [0.3, 0.4) is 0 Å². The van der Waals surface area contributed by atoms with Gasteiger partial charge in [-0.1, -0.05) is 29.5 Å². The van der Waals surface area contributed by atoms with Crippen LogP contribution in [0, 0.1) is 0 Å². The highest BCUT2D eigenvalue weighted by Gasteiger charge is 2.26. The zero-order valence-electron chi connectivity index (χ0n) is 14.1. The number of piperazine rings is 1. The van der Waals surface area contributed by atoms with Crippen LogP contribution in [0.15, 0.2) is 36.4 Å². The fraction of sp³-hybridized carbons (Fsp3) is 0.294. The van der Waals surface area contributed by atoms with E-state index in [1.165, 1.54) is 11.3 Å². The first-order valence-electron chi connectivity index (χ1n) is 7.95. The highest BCUT2D eigenvalue weighted by Crippen LogP contribution is 2.34. The van der Waals surface area contributed by atoms with Gasteiger partial charge in [-0.05, 0) is 25.1 Å². The van der Waals surface area contributed by atoms with E-state index in [1.54, 1.807) is 11.3 Å². The molecule has 0 unspecified atom stereocenters. The molecule has 2 N–H and O–H groups in total. The molecule has 26 heavy (non-hydrogen) atoms. The van der Waals surface area contributed by atoms with Crippen LogP contribution in [-0.2, 0) is 0 Å². The predicted octanol–water partition coefficient (Wildman–Crippen LogP) is 4.38. The summed E-state index contributed by atoms with van der Waals surface area (Å²) >= 11 is 3.06. The Bertz CT molecular complexity index is 837. The monoisotopic (exact) mass is 430 g/mol. The zero-order valence-corrected chi connectivity index (χ0v) is 17.4. The molecule has 1 aromatic carbocycles. The normalized spacial score (nSPS) is 16.7. The zero-order chi connectivity index (χ0) is 16.5. The average Bonchev–Trinajstić information content (AvgIpc) is 3.14. The Kier molecular flexibility index (Phi) is 7.25. The van der Waals surface area contributed by atoms with Gasteiger partial charge in [0.15, 0.2) is 5.13 Å². The lowest BCUT2D eigenvalue weighted by molar-refractivity contribution is 0.0661. The quantitative estimate of drug-likeness (QED) is 0.646. The number of fused-ring (bicyclic) bond motifs is 1. The van der Waals surface area contributed by atoms with Crippen LogP contribution in [0.1, 0.15) is 16.6 Å². The maximum atomic E-state index is 12.7. The lowest BCUT2D eigenvalue weighted by atomic mass is 10.2. The Morgan fingerprint density at radius 2 is 2.04 bits per heavy atom. The van der Waals surface area contributed by atoms with E-state index in [2.05, 4.69) is 22.5 Å². The molecule has 1 aliphatic heterocycles. The standard InChI is InChI=1S/C17H18N4OS2.2ClH/c1-11-10-18-7-8-21(11)16(22)14-9-13-15(23-14)20-17(24-13)19-12-5-3-2-4-6-12;;/h2-6,9,11,18H,7-8,10H2,1H3,(H,19,20);2*1H/t11-;;/m0../s1. The number of hydrogen-bond acceptors (Lipinski definition) is 6. The first-order valence-corrected chi connectivity index (χ1v) is 9.58. The van der Waals surface area contributed by atoms with E-state index in [9.17, 15) is 4.79 Å². The van der Waals surface area contributed by atoms with Crippen molar-refractivity contribution in [2.45, 2.75) is 13.0 Å².